The monoisotopic (exact) mass is 198 g/mol. The van der Waals surface area contributed by atoms with Crippen molar-refractivity contribution in [1.29, 1.82) is 0 Å². The van der Waals surface area contributed by atoms with Crippen LogP contribution in [0.25, 0.3) is 0 Å². The van der Waals surface area contributed by atoms with Crippen molar-refractivity contribution in [2.45, 2.75) is 51.6 Å². The Balaban J connectivity index is 1.97. The molecule has 0 spiro atoms. The lowest BCUT2D eigenvalue weighted by molar-refractivity contribution is -0.0613. The molecule has 0 aliphatic heterocycles. The zero-order chi connectivity index (χ0) is 10.0. The molecule has 0 aromatic heterocycles. The van der Waals surface area contributed by atoms with E-state index >= 15 is 0 Å². The minimum atomic E-state index is 0.167. The topological polar surface area (TPSA) is 29.5 Å². The maximum absolute atomic E-state index is 8.78. The van der Waals surface area contributed by atoms with Crippen molar-refractivity contribution in [1.82, 2.24) is 0 Å². The van der Waals surface area contributed by atoms with E-state index in [1.807, 2.05) is 0 Å². The highest BCUT2D eigenvalue weighted by Gasteiger charge is 2.45. The molecule has 1 N–H and O–H groups in total. The third-order valence-electron chi connectivity index (χ3n) is 4.27. The molecule has 2 aliphatic rings. The Bertz CT molecular complexity index is 193. The second-order valence-corrected chi connectivity index (χ2v) is 5.18. The van der Waals surface area contributed by atoms with Gasteiger partial charge in [0.1, 0.15) is 0 Å². The molecule has 3 atom stereocenters. The number of rotatable bonds is 3. The van der Waals surface area contributed by atoms with Crippen molar-refractivity contribution >= 4 is 0 Å². The number of hydrogen-bond acceptors (Lipinski definition) is 2. The summed E-state index contributed by atoms with van der Waals surface area (Å²) in [6.45, 7) is 3.12. The molecule has 2 saturated carbocycles. The van der Waals surface area contributed by atoms with Crippen molar-refractivity contribution in [3.8, 4) is 0 Å². The van der Waals surface area contributed by atoms with Gasteiger partial charge in [-0.2, -0.15) is 0 Å². The van der Waals surface area contributed by atoms with Crippen LogP contribution in [0.5, 0.6) is 0 Å². The van der Waals surface area contributed by atoms with E-state index in [1.54, 1.807) is 0 Å². The molecule has 82 valence electrons. The van der Waals surface area contributed by atoms with Crippen LogP contribution in [0.3, 0.4) is 0 Å². The number of fused-ring (bicyclic) bond motifs is 1. The summed E-state index contributed by atoms with van der Waals surface area (Å²) in [6.07, 6.45) is 8.44. The van der Waals surface area contributed by atoms with Gasteiger partial charge in [0, 0.05) is 0 Å². The molecule has 0 bridgehead atoms. The Morgan fingerprint density at radius 2 is 2.00 bits per heavy atom. The summed E-state index contributed by atoms with van der Waals surface area (Å²) in [6, 6.07) is 0. The van der Waals surface area contributed by atoms with Gasteiger partial charge >= 0.3 is 0 Å². The second kappa shape index (κ2) is 4.19. The summed E-state index contributed by atoms with van der Waals surface area (Å²) >= 11 is 0. The van der Waals surface area contributed by atoms with Gasteiger partial charge < -0.3 is 9.84 Å². The van der Waals surface area contributed by atoms with E-state index < -0.39 is 0 Å². The van der Waals surface area contributed by atoms with Gasteiger partial charge in [0.15, 0.2) is 0 Å². The molecule has 0 amide bonds. The zero-order valence-electron chi connectivity index (χ0n) is 9.17. The fourth-order valence-corrected chi connectivity index (χ4v) is 3.52. The molecular formula is C12H22O2. The molecule has 2 rings (SSSR count). The molecule has 2 heteroatoms. The van der Waals surface area contributed by atoms with E-state index in [1.165, 1.54) is 38.5 Å². The Labute approximate surface area is 86.6 Å². The standard InChI is InChI=1S/C12H22O2/c1-12-6-2-4-10(12)11(5-3-7-12)14-9-8-13/h10-11,13H,2-9H2,1H3/t10-,11-,12+/m1/s1. The SMILES string of the molecule is C[C@@]12CCC[C@@H]1[C@H](OCCO)CCC2. The molecule has 0 unspecified atom stereocenters. The van der Waals surface area contributed by atoms with Crippen molar-refractivity contribution < 1.29 is 9.84 Å². The lowest BCUT2D eigenvalue weighted by Gasteiger charge is -2.41. The molecule has 0 radical (unpaired) electrons. The molecular weight excluding hydrogens is 176 g/mol. The predicted octanol–water partition coefficient (Wildman–Crippen LogP) is 2.35. The van der Waals surface area contributed by atoms with Gasteiger partial charge in [-0.25, -0.2) is 0 Å². The minimum Gasteiger partial charge on any atom is -0.394 e. The average molecular weight is 198 g/mol. The summed E-state index contributed by atoms with van der Waals surface area (Å²) in [5.74, 6) is 0.766. The van der Waals surface area contributed by atoms with Crippen molar-refractivity contribution in [2.24, 2.45) is 11.3 Å². The maximum atomic E-state index is 8.78. The van der Waals surface area contributed by atoms with Crippen LogP contribution in [0.4, 0.5) is 0 Å². The van der Waals surface area contributed by atoms with Gasteiger partial charge in [-0.15, -0.1) is 0 Å². The van der Waals surface area contributed by atoms with Crippen LogP contribution in [0, 0.1) is 11.3 Å². The number of aliphatic hydroxyl groups is 1. The Hall–Kier alpha value is -0.0800. The first-order valence-corrected chi connectivity index (χ1v) is 5.99. The van der Waals surface area contributed by atoms with Crippen LogP contribution in [-0.4, -0.2) is 24.4 Å². The van der Waals surface area contributed by atoms with E-state index in [-0.39, 0.29) is 6.61 Å². The number of aliphatic hydroxyl groups excluding tert-OH is 1. The van der Waals surface area contributed by atoms with Crippen LogP contribution >= 0.6 is 0 Å². The molecule has 0 aromatic carbocycles. The summed E-state index contributed by atoms with van der Waals surface area (Å²) in [5.41, 5.74) is 0.554. The quantitative estimate of drug-likeness (QED) is 0.754. The molecule has 2 aliphatic carbocycles. The highest BCUT2D eigenvalue weighted by Crippen LogP contribution is 2.52. The van der Waals surface area contributed by atoms with Gasteiger partial charge in [-0.05, 0) is 37.0 Å². The van der Waals surface area contributed by atoms with Gasteiger partial charge in [-0.1, -0.05) is 19.8 Å². The smallest absolute Gasteiger partial charge is 0.0701 e. The first kappa shape index (κ1) is 10.4. The summed E-state index contributed by atoms with van der Waals surface area (Å²) < 4.78 is 5.76. The molecule has 0 aromatic rings. The summed E-state index contributed by atoms with van der Waals surface area (Å²) in [4.78, 5) is 0. The third kappa shape index (κ3) is 1.82. The summed E-state index contributed by atoms with van der Waals surface area (Å²) in [7, 11) is 0. The van der Waals surface area contributed by atoms with Gasteiger partial charge in [-0.3, -0.25) is 0 Å². The molecule has 14 heavy (non-hydrogen) atoms. The van der Waals surface area contributed by atoms with E-state index in [4.69, 9.17) is 9.84 Å². The Morgan fingerprint density at radius 1 is 1.29 bits per heavy atom. The summed E-state index contributed by atoms with van der Waals surface area (Å²) in [5, 5.41) is 8.78. The molecule has 0 heterocycles. The van der Waals surface area contributed by atoms with E-state index in [0.717, 1.165) is 5.92 Å². The largest absolute Gasteiger partial charge is 0.394 e. The second-order valence-electron chi connectivity index (χ2n) is 5.18. The van der Waals surface area contributed by atoms with Crippen LogP contribution in [0.2, 0.25) is 0 Å². The normalized spacial score (nSPS) is 42.4. The van der Waals surface area contributed by atoms with E-state index in [9.17, 15) is 0 Å². The minimum absolute atomic E-state index is 0.167. The van der Waals surface area contributed by atoms with Gasteiger partial charge in [0.2, 0.25) is 0 Å². The predicted molar refractivity (Wildman–Crippen MR) is 56.1 cm³/mol. The fourth-order valence-electron chi connectivity index (χ4n) is 3.52. The Kier molecular flexibility index (Phi) is 3.13. The van der Waals surface area contributed by atoms with E-state index in [2.05, 4.69) is 6.92 Å². The highest BCUT2D eigenvalue weighted by molar-refractivity contribution is 4.95. The fraction of sp³-hybridized carbons (Fsp3) is 1.00. The van der Waals surface area contributed by atoms with E-state index in [0.29, 0.717) is 18.1 Å². The zero-order valence-corrected chi connectivity index (χ0v) is 9.17. The molecule has 2 fully saturated rings. The first-order valence-electron chi connectivity index (χ1n) is 5.99. The van der Waals surface area contributed by atoms with Crippen molar-refractivity contribution in [3.63, 3.8) is 0 Å². The number of ether oxygens (including phenoxy) is 1. The van der Waals surface area contributed by atoms with Gasteiger partial charge in [0.25, 0.3) is 0 Å². The van der Waals surface area contributed by atoms with Crippen LogP contribution in [0.15, 0.2) is 0 Å². The maximum Gasteiger partial charge on any atom is 0.0701 e. The molecule has 2 nitrogen and oxygen atoms in total. The highest BCUT2D eigenvalue weighted by atomic mass is 16.5. The first-order chi connectivity index (χ1) is 6.76. The molecule has 0 saturated heterocycles. The number of hydrogen-bond donors (Lipinski definition) is 1. The van der Waals surface area contributed by atoms with Crippen LogP contribution in [0.1, 0.15) is 45.4 Å². The third-order valence-corrected chi connectivity index (χ3v) is 4.27. The van der Waals surface area contributed by atoms with Crippen molar-refractivity contribution in [2.75, 3.05) is 13.2 Å². The van der Waals surface area contributed by atoms with Gasteiger partial charge in [0.05, 0.1) is 19.3 Å². The Morgan fingerprint density at radius 3 is 2.71 bits per heavy atom. The van der Waals surface area contributed by atoms with Crippen LogP contribution < -0.4 is 0 Å². The average Bonchev–Trinajstić information content (AvgIpc) is 2.56. The lowest BCUT2D eigenvalue weighted by atomic mass is 9.68. The lowest BCUT2D eigenvalue weighted by Crippen LogP contribution is -2.38. The van der Waals surface area contributed by atoms with Crippen LogP contribution in [-0.2, 0) is 4.74 Å². The van der Waals surface area contributed by atoms with Crippen molar-refractivity contribution in [3.05, 3.63) is 0 Å².